The van der Waals surface area contributed by atoms with Crippen LogP contribution >= 0.6 is 11.3 Å². The van der Waals surface area contributed by atoms with E-state index in [0.29, 0.717) is 24.2 Å². The summed E-state index contributed by atoms with van der Waals surface area (Å²) in [5.41, 5.74) is 10.2. The lowest BCUT2D eigenvalue weighted by Gasteiger charge is -2.03. The van der Waals surface area contributed by atoms with Crippen LogP contribution in [0.2, 0.25) is 0 Å². The highest BCUT2D eigenvalue weighted by atomic mass is 32.1. The van der Waals surface area contributed by atoms with Crippen molar-refractivity contribution < 1.29 is 9.59 Å². The standard InChI is InChI=1S/C27H22N4O2S/c1-30-14-20(18-6-2-4-8-22(18)30)24-25(27(33)29-26(24)32)21-15-31(23-9-5-3-7-19(21)23)13-17-11-10-16(12-28)34-17/h2-11,14-15H,12-13,28H2,1H3,(H,29,32,33). The summed E-state index contributed by atoms with van der Waals surface area (Å²) in [6.07, 6.45) is 3.92. The van der Waals surface area contributed by atoms with Crippen LogP contribution in [0.4, 0.5) is 0 Å². The van der Waals surface area contributed by atoms with Crippen molar-refractivity contribution in [3.8, 4) is 0 Å². The molecule has 168 valence electrons. The zero-order chi connectivity index (χ0) is 23.4. The van der Waals surface area contributed by atoms with Gasteiger partial charge in [-0.2, -0.15) is 0 Å². The number of nitrogens with one attached hydrogen (secondary N) is 1. The van der Waals surface area contributed by atoms with E-state index >= 15 is 0 Å². The van der Waals surface area contributed by atoms with E-state index in [1.807, 2.05) is 72.5 Å². The third-order valence-corrected chi connectivity index (χ3v) is 7.49. The van der Waals surface area contributed by atoms with Crippen LogP contribution in [0.15, 0.2) is 73.1 Å². The van der Waals surface area contributed by atoms with Gasteiger partial charge in [-0.15, -0.1) is 11.3 Å². The average molecular weight is 467 g/mol. The number of para-hydroxylation sites is 2. The Morgan fingerprint density at radius 3 is 2.06 bits per heavy atom. The van der Waals surface area contributed by atoms with Gasteiger partial charge in [0, 0.05) is 68.7 Å². The Kier molecular flexibility index (Phi) is 4.76. The number of imide groups is 1. The van der Waals surface area contributed by atoms with Gasteiger partial charge in [0.1, 0.15) is 0 Å². The van der Waals surface area contributed by atoms with E-state index in [0.717, 1.165) is 37.8 Å². The van der Waals surface area contributed by atoms with Gasteiger partial charge in [-0.3, -0.25) is 14.9 Å². The number of carbonyl (C=O) groups is 2. The molecule has 0 atom stereocenters. The van der Waals surface area contributed by atoms with Crippen molar-refractivity contribution in [1.29, 1.82) is 0 Å². The van der Waals surface area contributed by atoms with Gasteiger partial charge in [0.15, 0.2) is 0 Å². The molecule has 4 heterocycles. The minimum Gasteiger partial charge on any atom is -0.350 e. The molecule has 6 rings (SSSR count). The topological polar surface area (TPSA) is 82.0 Å². The molecule has 0 aliphatic carbocycles. The van der Waals surface area contributed by atoms with Gasteiger partial charge in [0.25, 0.3) is 11.8 Å². The predicted octanol–water partition coefficient (Wildman–Crippen LogP) is 4.27. The Balaban J connectivity index is 1.58. The van der Waals surface area contributed by atoms with E-state index < -0.39 is 0 Å². The van der Waals surface area contributed by atoms with E-state index in [9.17, 15) is 9.59 Å². The molecule has 5 aromatic rings. The number of aromatic nitrogens is 2. The summed E-state index contributed by atoms with van der Waals surface area (Å²) in [7, 11) is 1.95. The summed E-state index contributed by atoms with van der Waals surface area (Å²) >= 11 is 1.69. The molecule has 2 amide bonds. The number of aryl methyl sites for hydroxylation is 1. The summed E-state index contributed by atoms with van der Waals surface area (Å²) < 4.78 is 4.13. The van der Waals surface area contributed by atoms with Crippen LogP contribution in [0, 0.1) is 0 Å². The van der Waals surface area contributed by atoms with Crippen LogP contribution in [0.3, 0.4) is 0 Å². The number of hydrogen-bond acceptors (Lipinski definition) is 4. The molecule has 0 fully saturated rings. The van der Waals surface area contributed by atoms with Crippen LogP contribution in [-0.2, 0) is 29.7 Å². The minimum atomic E-state index is -0.364. The molecule has 0 saturated heterocycles. The second-order valence-corrected chi connectivity index (χ2v) is 9.72. The Morgan fingerprint density at radius 1 is 0.794 bits per heavy atom. The SMILES string of the molecule is Cn1cc(C2=C(c3cn(Cc4ccc(CN)s4)c4ccccc34)C(=O)NC2=O)c2ccccc21. The molecule has 1 aliphatic heterocycles. The van der Waals surface area contributed by atoms with Crippen LogP contribution in [0.1, 0.15) is 20.9 Å². The predicted molar refractivity (Wildman–Crippen MR) is 136 cm³/mol. The number of thiophene rings is 1. The van der Waals surface area contributed by atoms with E-state index in [2.05, 4.69) is 22.0 Å². The Bertz CT molecular complexity index is 1650. The van der Waals surface area contributed by atoms with E-state index in [1.54, 1.807) is 11.3 Å². The zero-order valence-electron chi connectivity index (χ0n) is 18.5. The molecular weight excluding hydrogens is 444 g/mol. The van der Waals surface area contributed by atoms with Crippen molar-refractivity contribution in [3.63, 3.8) is 0 Å². The maximum atomic E-state index is 13.1. The molecule has 0 spiro atoms. The lowest BCUT2D eigenvalue weighted by molar-refractivity contribution is -0.122. The maximum Gasteiger partial charge on any atom is 0.259 e. The number of carbonyl (C=O) groups excluding carboxylic acids is 2. The fourth-order valence-corrected chi connectivity index (χ4v) is 5.77. The molecule has 3 N–H and O–H groups in total. The summed E-state index contributed by atoms with van der Waals surface area (Å²) in [6.45, 7) is 1.18. The Labute approximate surface area is 199 Å². The molecule has 7 heteroatoms. The fraction of sp³-hybridized carbons (Fsp3) is 0.111. The number of hydrogen-bond donors (Lipinski definition) is 2. The van der Waals surface area contributed by atoms with Gasteiger partial charge in [0.2, 0.25) is 0 Å². The lowest BCUT2D eigenvalue weighted by Crippen LogP contribution is -2.22. The van der Waals surface area contributed by atoms with Crippen molar-refractivity contribution in [1.82, 2.24) is 14.5 Å². The molecular formula is C27H22N4O2S. The smallest absolute Gasteiger partial charge is 0.259 e. The monoisotopic (exact) mass is 466 g/mol. The quantitative estimate of drug-likeness (QED) is 0.380. The first kappa shape index (κ1) is 20.7. The van der Waals surface area contributed by atoms with Crippen molar-refractivity contribution in [2.45, 2.75) is 13.1 Å². The number of fused-ring (bicyclic) bond motifs is 2. The second kappa shape index (κ2) is 7.83. The molecule has 3 aromatic heterocycles. The normalized spacial score (nSPS) is 14.1. The first-order valence-corrected chi connectivity index (χ1v) is 11.9. The van der Waals surface area contributed by atoms with Crippen molar-refractivity contribution in [3.05, 3.63) is 93.9 Å². The number of nitrogens with two attached hydrogens (primary N) is 1. The Hall–Kier alpha value is -3.94. The van der Waals surface area contributed by atoms with Crippen LogP contribution in [0.5, 0.6) is 0 Å². The summed E-state index contributed by atoms with van der Waals surface area (Å²) in [5.74, 6) is -0.726. The highest BCUT2D eigenvalue weighted by Gasteiger charge is 2.35. The summed E-state index contributed by atoms with van der Waals surface area (Å²) in [4.78, 5) is 28.5. The molecule has 0 bridgehead atoms. The van der Waals surface area contributed by atoms with Gasteiger partial charge >= 0.3 is 0 Å². The van der Waals surface area contributed by atoms with E-state index in [4.69, 9.17) is 5.73 Å². The molecule has 34 heavy (non-hydrogen) atoms. The first-order chi connectivity index (χ1) is 16.5. The highest BCUT2D eigenvalue weighted by molar-refractivity contribution is 7.11. The highest BCUT2D eigenvalue weighted by Crippen LogP contribution is 2.39. The number of rotatable bonds is 5. The summed E-state index contributed by atoms with van der Waals surface area (Å²) in [6, 6.07) is 20.1. The van der Waals surface area contributed by atoms with Crippen molar-refractivity contribution >= 4 is 56.1 Å². The largest absolute Gasteiger partial charge is 0.350 e. The van der Waals surface area contributed by atoms with Crippen molar-refractivity contribution in [2.24, 2.45) is 12.8 Å². The first-order valence-electron chi connectivity index (χ1n) is 11.1. The van der Waals surface area contributed by atoms with E-state index in [-0.39, 0.29) is 11.8 Å². The van der Waals surface area contributed by atoms with Gasteiger partial charge in [0.05, 0.1) is 17.7 Å². The molecule has 0 saturated carbocycles. The van der Waals surface area contributed by atoms with Crippen LogP contribution in [0.25, 0.3) is 33.0 Å². The molecule has 0 radical (unpaired) electrons. The second-order valence-electron chi connectivity index (χ2n) is 8.46. The Morgan fingerprint density at radius 2 is 1.38 bits per heavy atom. The summed E-state index contributed by atoms with van der Waals surface area (Å²) in [5, 5.41) is 4.42. The van der Waals surface area contributed by atoms with E-state index in [1.165, 1.54) is 4.88 Å². The van der Waals surface area contributed by atoms with Gasteiger partial charge in [-0.05, 0) is 24.3 Å². The van der Waals surface area contributed by atoms with Gasteiger partial charge in [-0.1, -0.05) is 36.4 Å². The third kappa shape index (κ3) is 3.13. The third-order valence-electron chi connectivity index (χ3n) is 6.40. The zero-order valence-corrected chi connectivity index (χ0v) is 19.4. The number of amides is 2. The van der Waals surface area contributed by atoms with Crippen LogP contribution in [-0.4, -0.2) is 20.9 Å². The van der Waals surface area contributed by atoms with Gasteiger partial charge < -0.3 is 14.9 Å². The molecule has 2 aromatic carbocycles. The molecule has 6 nitrogen and oxygen atoms in total. The fourth-order valence-electron chi connectivity index (χ4n) is 4.87. The van der Waals surface area contributed by atoms with Crippen LogP contribution < -0.4 is 11.1 Å². The number of benzene rings is 2. The maximum absolute atomic E-state index is 13.1. The number of nitrogens with zero attached hydrogens (tertiary/aromatic N) is 2. The lowest BCUT2D eigenvalue weighted by atomic mass is 9.95. The average Bonchev–Trinajstić information content (AvgIpc) is 3.59. The molecule has 1 aliphatic rings. The van der Waals surface area contributed by atoms with Gasteiger partial charge in [-0.25, -0.2) is 0 Å². The molecule has 0 unspecified atom stereocenters. The van der Waals surface area contributed by atoms with Crippen molar-refractivity contribution in [2.75, 3.05) is 0 Å². The minimum absolute atomic E-state index is 0.362.